The molecule has 0 aromatic heterocycles. The van der Waals surface area contributed by atoms with Gasteiger partial charge in [0.2, 0.25) is 5.91 Å². The van der Waals surface area contributed by atoms with E-state index in [0.717, 1.165) is 16.8 Å². The second kappa shape index (κ2) is 9.61. The van der Waals surface area contributed by atoms with Gasteiger partial charge >= 0.3 is 5.97 Å². The van der Waals surface area contributed by atoms with Crippen molar-refractivity contribution in [3.8, 4) is 5.75 Å². The largest absolute Gasteiger partial charge is 0.423 e. The Morgan fingerprint density at radius 3 is 2.11 bits per heavy atom. The van der Waals surface area contributed by atoms with Crippen LogP contribution in [0.1, 0.15) is 27.5 Å². The second-order valence-electron chi connectivity index (χ2n) is 9.33. The molecule has 4 aromatic carbocycles. The quantitative estimate of drug-likeness (QED) is 0.210. The third-order valence-corrected chi connectivity index (χ3v) is 6.83. The Morgan fingerprint density at radius 1 is 0.763 bits per heavy atom. The highest BCUT2D eigenvalue weighted by Crippen LogP contribution is 2.47. The molecular weight excluding hydrogens is 480 g/mol. The maximum Gasteiger partial charge on any atom is 0.343 e. The summed E-state index contributed by atoms with van der Waals surface area (Å²) in [7, 11) is 0. The third kappa shape index (κ3) is 4.13. The van der Waals surface area contributed by atoms with Crippen molar-refractivity contribution in [3.63, 3.8) is 0 Å². The second-order valence-corrected chi connectivity index (χ2v) is 9.33. The Bertz CT molecular complexity index is 1500. The molecule has 0 bridgehead atoms. The van der Waals surface area contributed by atoms with E-state index in [1.165, 1.54) is 4.90 Å². The average molecular weight is 505 g/mol. The van der Waals surface area contributed by atoms with Crippen LogP contribution >= 0.6 is 0 Å². The van der Waals surface area contributed by atoms with Gasteiger partial charge in [0.15, 0.2) is 6.10 Å². The Kier molecular flexibility index (Phi) is 5.98. The lowest BCUT2D eigenvalue weighted by molar-refractivity contribution is -0.126. The van der Waals surface area contributed by atoms with Gasteiger partial charge in [-0.1, -0.05) is 60.7 Å². The lowest BCUT2D eigenvalue weighted by Gasteiger charge is -2.29. The molecule has 4 aromatic rings. The number of para-hydroxylation sites is 1. The Hall–Kier alpha value is -4.75. The summed E-state index contributed by atoms with van der Waals surface area (Å²) in [6, 6.07) is 31.8. The number of ether oxygens (including phenoxy) is 1. The van der Waals surface area contributed by atoms with E-state index in [1.54, 1.807) is 59.7 Å². The fourth-order valence-electron chi connectivity index (χ4n) is 5.05. The van der Waals surface area contributed by atoms with E-state index in [0.29, 0.717) is 17.0 Å². The number of hydrogen-bond acceptors (Lipinski definition) is 6. The molecule has 0 spiro atoms. The van der Waals surface area contributed by atoms with E-state index >= 15 is 0 Å². The van der Waals surface area contributed by atoms with Crippen molar-refractivity contribution >= 4 is 29.2 Å². The van der Waals surface area contributed by atoms with Gasteiger partial charge < -0.3 is 4.74 Å². The van der Waals surface area contributed by atoms with Gasteiger partial charge in [0, 0.05) is 0 Å². The van der Waals surface area contributed by atoms with Crippen LogP contribution in [-0.2, 0) is 14.4 Å². The van der Waals surface area contributed by atoms with Crippen LogP contribution in [0.4, 0.5) is 11.4 Å². The van der Waals surface area contributed by atoms with Gasteiger partial charge in [-0.3, -0.25) is 14.4 Å². The number of rotatable bonds is 5. The van der Waals surface area contributed by atoms with Crippen LogP contribution in [0.2, 0.25) is 0 Å². The number of amides is 2. The summed E-state index contributed by atoms with van der Waals surface area (Å²) in [5.41, 5.74) is 3.42. The summed E-state index contributed by atoms with van der Waals surface area (Å²) in [6.07, 6.45) is -0.955. The standard InChI is InChI=1S/C31H24N2O5/c1-20-9-8-14-24(19-20)32-29(34)26-27(33(38-28(26)30(32)35)23-12-6-3-7-13-23)21-15-17-25(18-16-21)37-31(36)22-10-4-2-5-11-22/h2-19,26-28H,1H3/t26-,27+,28+/m1/s1. The molecule has 0 saturated carbocycles. The number of carbonyl (C=O) groups excluding carboxylic acids is 3. The number of imide groups is 1. The Morgan fingerprint density at radius 2 is 1.42 bits per heavy atom. The summed E-state index contributed by atoms with van der Waals surface area (Å²) in [5, 5.41) is 1.64. The van der Waals surface area contributed by atoms with Gasteiger partial charge in [0.1, 0.15) is 11.7 Å². The van der Waals surface area contributed by atoms with Crippen molar-refractivity contribution in [3.05, 3.63) is 126 Å². The van der Waals surface area contributed by atoms with Gasteiger partial charge in [-0.2, -0.15) is 0 Å². The predicted octanol–water partition coefficient (Wildman–Crippen LogP) is 5.27. The highest BCUT2D eigenvalue weighted by molar-refractivity contribution is 6.24. The number of nitrogens with zero attached hydrogens (tertiary/aromatic N) is 2. The van der Waals surface area contributed by atoms with Crippen molar-refractivity contribution in [2.75, 3.05) is 9.96 Å². The summed E-state index contributed by atoms with van der Waals surface area (Å²) in [6.45, 7) is 1.91. The first kappa shape index (κ1) is 23.6. The van der Waals surface area contributed by atoms with Crippen LogP contribution in [0.15, 0.2) is 109 Å². The van der Waals surface area contributed by atoms with Crippen LogP contribution in [0.5, 0.6) is 5.75 Å². The molecule has 2 saturated heterocycles. The number of fused-ring (bicyclic) bond motifs is 1. The molecule has 7 heteroatoms. The SMILES string of the molecule is Cc1cccc(N2C(=O)[C@H]3[C@H](ON(c4ccccc4)[C@H]3c3ccc(OC(=O)c4ccccc4)cc3)C2=O)c1. The van der Waals surface area contributed by atoms with Gasteiger partial charge in [-0.25, -0.2) is 14.8 Å². The van der Waals surface area contributed by atoms with E-state index in [-0.39, 0.29) is 11.8 Å². The molecule has 2 fully saturated rings. The Labute approximate surface area is 219 Å². The molecule has 6 rings (SSSR count). The first-order valence-electron chi connectivity index (χ1n) is 12.3. The first-order valence-corrected chi connectivity index (χ1v) is 12.3. The molecule has 7 nitrogen and oxygen atoms in total. The predicted molar refractivity (Wildman–Crippen MR) is 142 cm³/mol. The third-order valence-electron chi connectivity index (χ3n) is 6.83. The number of hydroxylamine groups is 1. The number of hydrogen-bond donors (Lipinski definition) is 0. The number of aryl methyl sites for hydroxylation is 1. The maximum atomic E-state index is 13.8. The zero-order chi connectivity index (χ0) is 26.2. The van der Waals surface area contributed by atoms with Crippen molar-refractivity contribution in [1.29, 1.82) is 0 Å². The molecule has 0 aliphatic carbocycles. The van der Waals surface area contributed by atoms with Gasteiger partial charge in [0.05, 0.1) is 23.0 Å². The normalized spacial score (nSPS) is 20.5. The molecule has 38 heavy (non-hydrogen) atoms. The van der Waals surface area contributed by atoms with Crippen molar-refractivity contribution < 1.29 is 24.0 Å². The number of anilines is 2. The van der Waals surface area contributed by atoms with E-state index < -0.39 is 24.0 Å². The number of esters is 1. The minimum absolute atomic E-state index is 0.311. The topological polar surface area (TPSA) is 76.2 Å². The molecule has 2 amide bonds. The minimum Gasteiger partial charge on any atom is -0.423 e. The smallest absolute Gasteiger partial charge is 0.343 e. The van der Waals surface area contributed by atoms with E-state index in [4.69, 9.17) is 9.57 Å². The van der Waals surface area contributed by atoms with Crippen molar-refractivity contribution in [2.45, 2.75) is 19.1 Å². The molecule has 2 heterocycles. The molecule has 188 valence electrons. The number of carbonyl (C=O) groups is 3. The molecular formula is C31H24N2O5. The fourth-order valence-corrected chi connectivity index (χ4v) is 5.05. The van der Waals surface area contributed by atoms with Gasteiger partial charge in [0.25, 0.3) is 5.91 Å². The summed E-state index contributed by atoms with van der Waals surface area (Å²) < 4.78 is 5.53. The van der Waals surface area contributed by atoms with Crippen molar-refractivity contribution in [1.82, 2.24) is 0 Å². The Balaban J connectivity index is 1.33. The zero-order valence-corrected chi connectivity index (χ0v) is 20.6. The van der Waals surface area contributed by atoms with Crippen LogP contribution < -0.4 is 14.7 Å². The van der Waals surface area contributed by atoms with Gasteiger partial charge in [-0.05, 0) is 66.6 Å². The monoisotopic (exact) mass is 504 g/mol. The van der Waals surface area contributed by atoms with Crippen LogP contribution in [0.3, 0.4) is 0 Å². The highest BCUT2D eigenvalue weighted by atomic mass is 16.7. The van der Waals surface area contributed by atoms with Crippen LogP contribution in [-0.4, -0.2) is 23.9 Å². The van der Waals surface area contributed by atoms with Crippen molar-refractivity contribution in [2.24, 2.45) is 5.92 Å². The zero-order valence-electron chi connectivity index (χ0n) is 20.6. The van der Waals surface area contributed by atoms with E-state index in [2.05, 4.69) is 0 Å². The van der Waals surface area contributed by atoms with Gasteiger partial charge in [-0.15, -0.1) is 0 Å². The maximum absolute atomic E-state index is 13.8. The molecule has 0 radical (unpaired) electrons. The lowest BCUT2D eigenvalue weighted by atomic mass is 9.90. The lowest BCUT2D eigenvalue weighted by Crippen LogP contribution is -2.37. The van der Waals surface area contributed by atoms with E-state index in [1.807, 2.05) is 61.5 Å². The molecule has 2 aliphatic rings. The average Bonchev–Trinajstić information content (AvgIpc) is 3.45. The molecule has 0 unspecified atom stereocenters. The summed E-state index contributed by atoms with van der Waals surface area (Å²) in [5.74, 6) is -1.53. The minimum atomic E-state index is -0.955. The van der Waals surface area contributed by atoms with Crippen LogP contribution in [0.25, 0.3) is 0 Å². The summed E-state index contributed by atoms with van der Waals surface area (Å²) >= 11 is 0. The first-order chi connectivity index (χ1) is 18.5. The molecule has 0 N–H and O–H groups in total. The van der Waals surface area contributed by atoms with E-state index in [9.17, 15) is 14.4 Å². The highest BCUT2D eigenvalue weighted by Gasteiger charge is 2.60. The van der Waals surface area contributed by atoms with Crippen LogP contribution in [0, 0.1) is 12.8 Å². The molecule has 2 aliphatic heterocycles. The summed E-state index contributed by atoms with van der Waals surface area (Å²) in [4.78, 5) is 47.1. The fraction of sp³-hybridized carbons (Fsp3) is 0.129. The molecule has 3 atom stereocenters. The number of benzene rings is 4.